The average Bonchev–Trinajstić information content (AvgIpc) is 3.33. The van der Waals surface area contributed by atoms with Gasteiger partial charge in [0.2, 0.25) is 5.91 Å². The molecule has 2 aliphatic rings. The number of carbonyl (C=O) groups is 2. The highest BCUT2D eigenvalue weighted by Gasteiger charge is 2.31. The summed E-state index contributed by atoms with van der Waals surface area (Å²) in [4.78, 5) is 29.5. The summed E-state index contributed by atoms with van der Waals surface area (Å²) in [5.41, 5.74) is 2.15. The van der Waals surface area contributed by atoms with E-state index in [0.29, 0.717) is 13.1 Å². The zero-order valence-electron chi connectivity index (χ0n) is 16.8. The van der Waals surface area contributed by atoms with Crippen LogP contribution < -0.4 is 5.32 Å². The number of likely N-dealkylation sites (tertiary alicyclic amines) is 2. The number of urea groups is 1. The molecule has 2 aromatic rings. The summed E-state index contributed by atoms with van der Waals surface area (Å²) in [6, 6.07) is 20.2. The highest BCUT2D eigenvalue weighted by Crippen LogP contribution is 2.25. The topological polar surface area (TPSA) is 52.7 Å². The SMILES string of the molecule is O=C(NC(c1ccccc1)c1ccccc1)C1CCN(C(=O)N2CCCC2)CC1. The number of benzene rings is 2. The number of nitrogens with one attached hydrogen (secondary N) is 1. The predicted octanol–water partition coefficient (Wildman–Crippen LogP) is 3.82. The second-order valence-electron chi connectivity index (χ2n) is 8.00. The van der Waals surface area contributed by atoms with Gasteiger partial charge in [-0.2, -0.15) is 0 Å². The summed E-state index contributed by atoms with van der Waals surface area (Å²) in [6.07, 6.45) is 3.65. The molecule has 0 bridgehead atoms. The van der Waals surface area contributed by atoms with Crippen LogP contribution in [-0.4, -0.2) is 47.9 Å². The molecule has 0 aliphatic carbocycles. The molecule has 5 nitrogen and oxygen atoms in total. The number of carbonyl (C=O) groups excluding carboxylic acids is 2. The molecule has 2 aromatic carbocycles. The van der Waals surface area contributed by atoms with Crippen LogP contribution in [0.1, 0.15) is 42.9 Å². The van der Waals surface area contributed by atoms with Crippen molar-refractivity contribution in [2.45, 2.75) is 31.7 Å². The maximum atomic E-state index is 13.1. The maximum Gasteiger partial charge on any atom is 0.319 e. The number of hydrogen-bond acceptors (Lipinski definition) is 2. The fourth-order valence-corrected chi connectivity index (χ4v) is 4.35. The maximum absolute atomic E-state index is 13.1. The Bertz CT molecular complexity index is 771. The lowest BCUT2D eigenvalue weighted by Gasteiger charge is -2.34. The van der Waals surface area contributed by atoms with Crippen molar-refractivity contribution in [2.75, 3.05) is 26.2 Å². The first kappa shape index (κ1) is 19.5. The molecule has 4 rings (SSSR count). The fourth-order valence-electron chi connectivity index (χ4n) is 4.35. The number of hydrogen-bond donors (Lipinski definition) is 1. The van der Waals surface area contributed by atoms with Gasteiger partial charge in [0.05, 0.1) is 6.04 Å². The quantitative estimate of drug-likeness (QED) is 0.861. The Kier molecular flexibility index (Phi) is 6.13. The third-order valence-corrected chi connectivity index (χ3v) is 6.07. The fraction of sp³-hybridized carbons (Fsp3) is 0.417. The largest absolute Gasteiger partial charge is 0.345 e. The second-order valence-corrected chi connectivity index (χ2v) is 8.00. The molecule has 152 valence electrons. The molecule has 0 atom stereocenters. The first-order valence-electron chi connectivity index (χ1n) is 10.7. The Morgan fingerprint density at radius 3 is 1.76 bits per heavy atom. The first-order chi connectivity index (χ1) is 14.2. The van der Waals surface area contributed by atoms with Crippen LogP contribution in [0.25, 0.3) is 0 Å². The van der Waals surface area contributed by atoms with E-state index >= 15 is 0 Å². The van der Waals surface area contributed by atoms with Gasteiger partial charge in [0, 0.05) is 32.1 Å². The molecule has 1 N–H and O–H groups in total. The van der Waals surface area contributed by atoms with Gasteiger partial charge in [0.15, 0.2) is 0 Å². The van der Waals surface area contributed by atoms with Crippen LogP contribution in [0.2, 0.25) is 0 Å². The van der Waals surface area contributed by atoms with Gasteiger partial charge in [-0.15, -0.1) is 0 Å². The predicted molar refractivity (Wildman–Crippen MR) is 113 cm³/mol. The van der Waals surface area contributed by atoms with Crippen molar-refractivity contribution < 1.29 is 9.59 Å². The van der Waals surface area contributed by atoms with Crippen LogP contribution in [0.15, 0.2) is 60.7 Å². The van der Waals surface area contributed by atoms with Gasteiger partial charge in [-0.05, 0) is 36.8 Å². The monoisotopic (exact) mass is 391 g/mol. The van der Waals surface area contributed by atoms with E-state index in [2.05, 4.69) is 29.6 Å². The Balaban J connectivity index is 1.39. The van der Waals surface area contributed by atoms with Gasteiger partial charge in [-0.1, -0.05) is 60.7 Å². The smallest absolute Gasteiger partial charge is 0.319 e. The van der Waals surface area contributed by atoms with Crippen LogP contribution in [0.5, 0.6) is 0 Å². The lowest BCUT2D eigenvalue weighted by atomic mass is 9.93. The van der Waals surface area contributed by atoms with Crippen LogP contribution in [0.4, 0.5) is 4.79 Å². The van der Waals surface area contributed by atoms with Crippen molar-refractivity contribution in [3.63, 3.8) is 0 Å². The molecule has 5 heteroatoms. The molecule has 29 heavy (non-hydrogen) atoms. The van der Waals surface area contributed by atoms with Crippen molar-refractivity contribution in [3.05, 3.63) is 71.8 Å². The summed E-state index contributed by atoms with van der Waals surface area (Å²) in [5, 5.41) is 3.27. The number of rotatable bonds is 4. The molecular weight excluding hydrogens is 362 g/mol. The minimum atomic E-state index is -0.158. The lowest BCUT2D eigenvalue weighted by molar-refractivity contribution is -0.126. The van der Waals surface area contributed by atoms with Crippen LogP contribution in [-0.2, 0) is 4.79 Å². The van der Waals surface area contributed by atoms with Crippen LogP contribution in [0, 0.1) is 5.92 Å². The molecule has 0 radical (unpaired) electrons. The summed E-state index contributed by atoms with van der Waals surface area (Å²) in [7, 11) is 0. The third kappa shape index (κ3) is 4.61. The van der Waals surface area contributed by atoms with Gasteiger partial charge >= 0.3 is 6.03 Å². The molecule has 2 aliphatic heterocycles. The van der Waals surface area contributed by atoms with E-state index in [4.69, 9.17) is 0 Å². The van der Waals surface area contributed by atoms with E-state index < -0.39 is 0 Å². The Morgan fingerprint density at radius 1 is 0.759 bits per heavy atom. The van der Waals surface area contributed by atoms with Crippen molar-refractivity contribution in [1.82, 2.24) is 15.1 Å². The molecule has 0 unspecified atom stereocenters. The summed E-state index contributed by atoms with van der Waals surface area (Å²) in [5.74, 6) is 0.0310. The number of piperidine rings is 1. The van der Waals surface area contributed by atoms with Gasteiger partial charge in [0.25, 0.3) is 0 Å². The average molecular weight is 392 g/mol. The Hall–Kier alpha value is -2.82. The highest BCUT2D eigenvalue weighted by atomic mass is 16.2. The Morgan fingerprint density at radius 2 is 1.24 bits per heavy atom. The second kappa shape index (κ2) is 9.12. The van der Waals surface area contributed by atoms with Crippen molar-refractivity contribution in [2.24, 2.45) is 5.92 Å². The van der Waals surface area contributed by atoms with E-state index in [1.807, 2.05) is 46.2 Å². The summed E-state index contributed by atoms with van der Waals surface area (Å²) < 4.78 is 0. The minimum Gasteiger partial charge on any atom is -0.345 e. The molecule has 0 spiro atoms. The van der Waals surface area contributed by atoms with E-state index in [1.54, 1.807) is 0 Å². The van der Waals surface area contributed by atoms with Crippen LogP contribution in [0.3, 0.4) is 0 Å². The highest BCUT2D eigenvalue weighted by molar-refractivity contribution is 5.80. The molecule has 2 heterocycles. The molecule has 2 saturated heterocycles. The van der Waals surface area contributed by atoms with E-state index in [0.717, 1.165) is 49.9 Å². The molecule has 0 saturated carbocycles. The van der Waals surface area contributed by atoms with E-state index in [9.17, 15) is 9.59 Å². The molecule has 0 aromatic heterocycles. The van der Waals surface area contributed by atoms with Gasteiger partial charge < -0.3 is 15.1 Å². The molecule has 2 fully saturated rings. The van der Waals surface area contributed by atoms with E-state index in [1.165, 1.54) is 0 Å². The molecular formula is C24H29N3O2. The third-order valence-electron chi connectivity index (χ3n) is 6.07. The minimum absolute atomic E-state index is 0.0486. The van der Waals surface area contributed by atoms with Crippen molar-refractivity contribution >= 4 is 11.9 Å². The number of nitrogens with zero attached hydrogens (tertiary/aromatic N) is 2. The van der Waals surface area contributed by atoms with Crippen LogP contribution >= 0.6 is 0 Å². The van der Waals surface area contributed by atoms with Gasteiger partial charge in [-0.3, -0.25) is 4.79 Å². The van der Waals surface area contributed by atoms with Gasteiger partial charge in [0.1, 0.15) is 0 Å². The zero-order valence-corrected chi connectivity index (χ0v) is 16.8. The summed E-state index contributed by atoms with van der Waals surface area (Å²) in [6.45, 7) is 3.06. The number of amides is 3. The van der Waals surface area contributed by atoms with E-state index in [-0.39, 0.29) is 23.9 Å². The standard InChI is InChI=1S/C24H29N3O2/c28-23(21-13-17-27(18-14-21)24(29)26-15-7-8-16-26)25-22(19-9-3-1-4-10-19)20-11-5-2-6-12-20/h1-6,9-12,21-22H,7-8,13-18H2,(H,25,28). The van der Waals surface area contributed by atoms with Crippen molar-refractivity contribution in [3.8, 4) is 0 Å². The Labute approximate surface area is 172 Å². The molecule has 3 amide bonds. The normalized spacial score (nSPS) is 17.6. The zero-order chi connectivity index (χ0) is 20.1. The lowest BCUT2D eigenvalue weighted by Crippen LogP contribution is -2.48. The van der Waals surface area contributed by atoms with Crippen molar-refractivity contribution in [1.29, 1.82) is 0 Å². The first-order valence-corrected chi connectivity index (χ1v) is 10.7. The summed E-state index contributed by atoms with van der Waals surface area (Å²) >= 11 is 0. The van der Waals surface area contributed by atoms with Gasteiger partial charge in [-0.25, -0.2) is 4.79 Å².